The average Bonchev–Trinajstić information content (AvgIpc) is 2.24. The lowest BCUT2D eigenvalue weighted by molar-refractivity contribution is 0.151. The number of nitrogens with one attached hydrogen (secondary N) is 1. The van der Waals surface area contributed by atoms with Crippen molar-refractivity contribution in [3.05, 3.63) is 26.0 Å². The molecule has 1 rings (SSSR count). The molecule has 0 fully saturated rings. The van der Waals surface area contributed by atoms with E-state index < -0.39 is 5.43 Å². The number of rotatable bonds is 6. The maximum Gasteiger partial charge on any atom is 0.249 e. The number of ether oxygens (including phenoxy) is 1. The molecule has 0 saturated carbocycles. The molecule has 0 aliphatic carbocycles. The monoisotopic (exact) mass is 240 g/mol. The van der Waals surface area contributed by atoms with Gasteiger partial charge in [0, 0.05) is 18.7 Å². The zero-order chi connectivity index (χ0) is 13.1. The highest BCUT2D eigenvalue weighted by Crippen LogP contribution is 2.25. The highest BCUT2D eigenvalue weighted by Gasteiger charge is 2.29. The zero-order valence-corrected chi connectivity index (χ0v) is 10.6. The van der Waals surface area contributed by atoms with Gasteiger partial charge in [0.05, 0.1) is 18.9 Å². The molecule has 0 heterocycles. The zero-order valence-electron chi connectivity index (χ0n) is 10.6. The van der Waals surface area contributed by atoms with Crippen LogP contribution in [0.2, 0.25) is 0 Å². The highest BCUT2D eigenvalue weighted by atomic mass is 16.5. The summed E-state index contributed by atoms with van der Waals surface area (Å²) in [5.41, 5.74) is 5.21. The SMILES string of the molecule is CC(C)(C)c1c(NCCOCCN)c(=O)c1=O. The summed E-state index contributed by atoms with van der Waals surface area (Å²) in [4.78, 5) is 22.9. The second-order valence-electron chi connectivity index (χ2n) is 4.99. The Morgan fingerprint density at radius 1 is 1.18 bits per heavy atom. The minimum atomic E-state index is -0.422. The first-order chi connectivity index (χ1) is 7.89. The maximum absolute atomic E-state index is 11.5. The van der Waals surface area contributed by atoms with E-state index in [1.54, 1.807) is 0 Å². The van der Waals surface area contributed by atoms with Crippen LogP contribution in [0.5, 0.6) is 0 Å². The first-order valence-corrected chi connectivity index (χ1v) is 5.75. The van der Waals surface area contributed by atoms with Crippen LogP contribution in [0.15, 0.2) is 9.59 Å². The molecule has 0 aliphatic rings. The first-order valence-electron chi connectivity index (χ1n) is 5.75. The van der Waals surface area contributed by atoms with Gasteiger partial charge in [-0.1, -0.05) is 20.8 Å². The number of hydrogen-bond donors (Lipinski definition) is 2. The van der Waals surface area contributed by atoms with Crippen molar-refractivity contribution < 1.29 is 4.74 Å². The van der Waals surface area contributed by atoms with Gasteiger partial charge < -0.3 is 15.8 Å². The van der Waals surface area contributed by atoms with E-state index in [-0.39, 0.29) is 10.8 Å². The van der Waals surface area contributed by atoms with Crippen molar-refractivity contribution in [3.63, 3.8) is 0 Å². The van der Waals surface area contributed by atoms with Gasteiger partial charge in [-0.3, -0.25) is 9.59 Å². The third kappa shape index (κ3) is 3.14. The molecule has 5 heteroatoms. The van der Waals surface area contributed by atoms with Crippen molar-refractivity contribution in [1.82, 2.24) is 0 Å². The van der Waals surface area contributed by atoms with Gasteiger partial charge in [0.15, 0.2) is 0 Å². The first kappa shape index (κ1) is 13.9. The van der Waals surface area contributed by atoms with E-state index in [4.69, 9.17) is 10.5 Å². The van der Waals surface area contributed by atoms with E-state index in [9.17, 15) is 9.59 Å². The van der Waals surface area contributed by atoms with Crippen molar-refractivity contribution in [2.45, 2.75) is 26.2 Å². The molecular formula is C12H20N2O3. The summed E-state index contributed by atoms with van der Waals surface area (Å²) in [7, 11) is 0. The molecule has 5 nitrogen and oxygen atoms in total. The second-order valence-corrected chi connectivity index (χ2v) is 4.99. The molecule has 1 aromatic carbocycles. The summed E-state index contributed by atoms with van der Waals surface area (Å²) in [6, 6.07) is 0. The van der Waals surface area contributed by atoms with Crippen LogP contribution < -0.4 is 21.9 Å². The molecule has 0 saturated heterocycles. The molecule has 0 aromatic heterocycles. The van der Waals surface area contributed by atoms with E-state index in [2.05, 4.69) is 5.32 Å². The van der Waals surface area contributed by atoms with E-state index in [0.29, 0.717) is 37.6 Å². The van der Waals surface area contributed by atoms with Crippen LogP contribution in [0, 0.1) is 0 Å². The van der Waals surface area contributed by atoms with Gasteiger partial charge in [0.25, 0.3) is 0 Å². The Bertz CT molecular complexity index is 439. The topological polar surface area (TPSA) is 81.4 Å². The second kappa shape index (κ2) is 5.42. The molecule has 0 amide bonds. The minimum absolute atomic E-state index is 0.300. The summed E-state index contributed by atoms with van der Waals surface area (Å²) in [5.74, 6) is 0. The molecule has 0 radical (unpaired) electrons. The molecule has 0 bridgehead atoms. The van der Waals surface area contributed by atoms with Crippen molar-refractivity contribution in [3.8, 4) is 0 Å². The molecule has 96 valence electrons. The maximum atomic E-state index is 11.5. The summed E-state index contributed by atoms with van der Waals surface area (Å²) in [5, 5.41) is 2.96. The normalized spacial score (nSPS) is 12.0. The van der Waals surface area contributed by atoms with Crippen LogP contribution in [-0.2, 0) is 10.2 Å². The molecule has 0 spiro atoms. The Hall–Kier alpha value is -1.20. The lowest BCUT2D eigenvalue weighted by Gasteiger charge is -2.24. The van der Waals surface area contributed by atoms with Gasteiger partial charge in [0.2, 0.25) is 10.9 Å². The summed E-state index contributed by atoms with van der Waals surface area (Å²) < 4.78 is 5.18. The molecule has 3 N–H and O–H groups in total. The third-order valence-electron chi connectivity index (χ3n) is 2.47. The van der Waals surface area contributed by atoms with Crippen molar-refractivity contribution in [1.29, 1.82) is 0 Å². The average molecular weight is 240 g/mol. The lowest BCUT2D eigenvalue weighted by atomic mass is 9.82. The fraction of sp³-hybridized carbons (Fsp3) is 0.667. The van der Waals surface area contributed by atoms with Crippen molar-refractivity contribution in [2.24, 2.45) is 5.73 Å². The van der Waals surface area contributed by atoms with Crippen LogP contribution in [-0.4, -0.2) is 26.3 Å². The Balaban J connectivity index is 2.58. The van der Waals surface area contributed by atoms with Crippen LogP contribution in [0.3, 0.4) is 0 Å². The highest BCUT2D eigenvalue weighted by molar-refractivity contribution is 5.59. The number of anilines is 1. The van der Waals surface area contributed by atoms with E-state index in [0.717, 1.165) is 0 Å². The predicted molar refractivity (Wildman–Crippen MR) is 68.4 cm³/mol. The number of hydrogen-bond acceptors (Lipinski definition) is 5. The summed E-state index contributed by atoms with van der Waals surface area (Å²) in [6.45, 7) is 7.71. The Kier molecular flexibility index (Phi) is 4.42. The Labute approximate surface area is 101 Å². The molecule has 0 atom stereocenters. The van der Waals surface area contributed by atoms with E-state index in [1.165, 1.54) is 0 Å². The van der Waals surface area contributed by atoms with E-state index >= 15 is 0 Å². The standard InChI is InChI=1S/C12H20N2O3/c1-12(2,3)8-9(11(16)10(8)15)14-5-7-17-6-4-13/h14H,4-7,13H2,1-3H3. The molecule has 1 aromatic rings. The predicted octanol–water partition coefficient (Wildman–Crippen LogP) is -0.0327. The van der Waals surface area contributed by atoms with Gasteiger partial charge in [-0.25, -0.2) is 0 Å². The van der Waals surface area contributed by atoms with Gasteiger partial charge in [0.1, 0.15) is 0 Å². The Morgan fingerprint density at radius 3 is 2.35 bits per heavy atom. The van der Waals surface area contributed by atoms with Crippen molar-refractivity contribution >= 4 is 5.69 Å². The van der Waals surface area contributed by atoms with Crippen LogP contribution >= 0.6 is 0 Å². The summed E-state index contributed by atoms with van der Waals surface area (Å²) >= 11 is 0. The lowest BCUT2D eigenvalue weighted by Crippen LogP contribution is -2.43. The molecular weight excluding hydrogens is 220 g/mol. The third-order valence-corrected chi connectivity index (χ3v) is 2.47. The molecule has 0 unspecified atom stereocenters. The minimum Gasteiger partial charge on any atom is -0.379 e. The van der Waals surface area contributed by atoms with Crippen LogP contribution in [0.4, 0.5) is 5.69 Å². The quantitative estimate of drug-likeness (QED) is 0.539. The van der Waals surface area contributed by atoms with Gasteiger partial charge in [-0.2, -0.15) is 0 Å². The number of nitrogens with two attached hydrogens (primary N) is 1. The largest absolute Gasteiger partial charge is 0.379 e. The Morgan fingerprint density at radius 2 is 1.82 bits per heavy atom. The van der Waals surface area contributed by atoms with Crippen LogP contribution in [0.1, 0.15) is 26.3 Å². The van der Waals surface area contributed by atoms with Crippen LogP contribution in [0.25, 0.3) is 0 Å². The van der Waals surface area contributed by atoms with Crippen molar-refractivity contribution in [2.75, 3.05) is 31.6 Å². The fourth-order valence-corrected chi connectivity index (χ4v) is 1.71. The van der Waals surface area contributed by atoms with E-state index in [1.807, 2.05) is 20.8 Å². The molecule has 17 heavy (non-hydrogen) atoms. The van der Waals surface area contributed by atoms with Gasteiger partial charge in [-0.05, 0) is 5.41 Å². The smallest absolute Gasteiger partial charge is 0.249 e. The summed E-state index contributed by atoms with van der Waals surface area (Å²) in [6.07, 6.45) is 0. The molecule has 0 aliphatic heterocycles. The fourth-order valence-electron chi connectivity index (χ4n) is 1.71. The van der Waals surface area contributed by atoms with Gasteiger partial charge >= 0.3 is 0 Å². The van der Waals surface area contributed by atoms with Gasteiger partial charge in [-0.15, -0.1) is 0 Å².